The van der Waals surface area contributed by atoms with Gasteiger partial charge in [-0.25, -0.2) is 4.98 Å². The van der Waals surface area contributed by atoms with Crippen molar-refractivity contribution in [2.24, 2.45) is 23.2 Å². The maximum atomic E-state index is 4.69. The molecule has 0 aromatic carbocycles. The quantitative estimate of drug-likeness (QED) is 0.825. The lowest BCUT2D eigenvalue weighted by Gasteiger charge is -2.41. The molecule has 1 aromatic heterocycles. The fraction of sp³-hybridized carbons (Fsp3) is 0.833. The fourth-order valence-corrected chi connectivity index (χ4v) is 4.44. The van der Waals surface area contributed by atoms with E-state index in [1.54, 1.807) is 0 Å². The third-order valence-corrected chi connectivity index (χ3v) is 5.72. The molecular weight excluding hydrogens is 276 g/mol. The highest BCUT2D eigenvalue weighted by Gasteiger charge is 2.35. The van der Waals surface area contributed by atoms with Gasteiger partial charge in [0.1, 0.15) is 0 Å². The van der Waals surface area contributed by atoms with Crippen LogP contribution in [0.3, 0.4) is 0 Å². The molecule has 2 rings (SSSR count). The van der Waals surface area contributed by atoms with Gasteiger partial charge in [-0.1, -0.05) is 27.7 Å². The molecule has 1 aliphatic carbocycles. The second-order valence-corrected chi connectivity index (χ2v) is 9.01. The number of thiazole rings is 1. The largest absolute Gasteiger partial charge is 0.316 e. The Labute approximate surface area is 134 Å². The minimum Gasteiger partial charge on any atom is -0.316 e. The summed E-state index contributed by atoms with van der Waals surface area (Å²) in [4.78, 5) is 4.69. The van der Waals surface area contributed by atoms with E-state index in [4.69, 9.17) is 4.98 Å². The average molecular weight is 309 g/mol. The van der Waals surface area contributed by atoms with Crippen molar-refractivity contribution in [3.63, 3.8) is 0 Å². The van der Waals surface area contributed by atoms with E-state index in [1.807, 2.05) is 11.3 Å². The summed E-state index contributed by atoms with van der Waals surface area (Å²) >= 11 is 1.84. The Kier molecular flexibility index (Phi) is 5.84. The molecule has 2 unspecified atom stereocenters. The SMILES string of the molecule is Cc1csc(CC2CC(C)(C)CCC2CNCC(C)C)n1. The zero-order valence-corrected chi connectivity index (χ0v) is 15.2. The van der Waals surface area contributed by atoms with Crippen molar-refractivity contribution < 1.29 is 0 Å². The van der Waals surface area contributed by atoms with Crippen LogP contribution in [0.25, 0.3) is 0 Å². The molecule has 0 radical (unpaired) electrons. The lowest BCUT2D eigenvalue weighted by atomic mass is 9.66. The van der Waals surface area contributed by atoms with Gasteiger partial charge in [-0.15, -0.1) is 11.3 Å². The van der Waals surface area contributed by atoms with Gasteiger partial charge in [-0.2, -0.15) is 0 Å². The summed E-state index contributed by atoms with van der Waals surface area (Å²) in [5.41, 5.74) is 1.69. The first-order chi connectivity index (χ1) is 9.85. The summed E-state index contributed by atoms with van der Waals surface area (Å²) in [6.45, 7) is 13.9. The molecule has 21 heavy (non-hydrogen) atoms. The summed E-state index contributed by atoms with van der Waals surface area (Å²) in [6.07, 6.45) is 5.26. The van der Waals surface area contributed by atoms with Crippen LogP contribution in [0.1, 0.15) is 57.7 Å². The minimum atomic E-state index is 0.505. The van der Waals surface area contributed by atoms with Crippen LogP contribution in [-0.2, 0) is 6.42 Å². The van der Waals surface area contributed by atoms with Gasteiger partial charge in [-0.3, -0.25) is 0 Å². The van der Waals surface area contributed by atoms with E-state index in [-0.39, 0.29) is 0 Å². The van der Waals surface area contributed by atoms with E-state index in [1.165, 1.54) is 42.9 Å². The van der Waals surface area contributed by atoms with Crippen molar-refractivity contribution in [3.05, 3.63) is 16.1 Å². The van der Waals surface area contributed by atoms with E-state index >= 15 is 0 Å². The number of hydrogen-bond acceptors (Lipinski definition) is 3. The zero-order chi connectivity index (χ0) is 15.5. The molecule has 0 spiro atoms. The zero-order valence-electron chi connectivity index (χ0n) is 14.4. The Balaban J connectivity index is 1.96. The van der Waals surface area contributed by atoms with Crippen molar-refractivity contribution in [2.75, 3.05) is 13.1 Å². The second kappa shape index (κ2) is 7.23. The van der Waals surface area contributed by atoms with E-state index in [2.05, 4.69) is 45.3 Å². The molecule has 1 fully saturated rings. The van der Waals surface area contributed by atoms with Crippen LogP contribution in [0.5, 0.6) is 0 Å². The smallest absolute Gasteiger partial charge is 0.0930 e. The molecule has 2 nitrogen and oxygen atoms in total. The third-order valence-electron chi connectivity index (χ3n) is 4.74. The lowest BCUT2D eigenvalue weighted by Crippen LogP contribution is -2.37. The highest BCUT2D eigenvalue weighted by Crippen LogP contribution is 2.43. The van der Waals surface area contributed by atoms with Gasteiger partial charge in [0.25, 0.3) is 0 Å². The van der Waals surface area contributed by atoms with Crippen LogP contribution in [0.15, 0.2) is 5.38 Å². The van der Waals surface area contributed by atoms with Gasteiger partial charge in [0.2, 0.25) is 0 Å². The van der Waals surface area contributed by atoms with Crippen molar-refractivity contribution in [3.8, 4) is 0 Å². The predicted molar refractivity (Wildman–Crippen MR) is 92.9 cm³/mol. The summed E-state index contributed by atoms with van der Waals surface area (Å²) in [7, 11) is 0. The maximum Gasteiger partial charge on any atom is 0.0930 e. The molecule has 1 aromatic rings. The highest BCUT2D eigenvalue weighted by atomic mass is 32.1. The first kappa shape index (κ1) is 17.0. The Hall–Kier alpha value is -0.410. The van der Waals surface area contributed by atoms with Gasteiger partial charge in [-0.05, 0) is 62.4 Å². The van der Waals surface area contributed by atoms with Crippen LogP contribution >= 0.6 is 11.3 Å². The van der Waals surface area contributed by atoms with Gasteiger partial charge in [0.05, 0.1) is 5.01 Å². The molecule has 0 bridgehead atoms. The number of nitrogens with zero attached hydrogens (tertiary/aromatic N) is 1. The van der Waals surface area contributed by atoms with Crippen molar-refractivity contribution in [2.45, 2.75) is 60.3 Å². The van der Waals surface area contributed by atoms with Gasteiger partial charge in [0, 0.05) is 17.5 Å². The van der Waals surface area contributed by atoms with Crippen LogP contribution in [0.2, 0.25) is 0 Å². The molecule has 0 amide bonds. The van der Waals surface area contributed by atoms with Gasteiger partial charge >= 0.3 is 0 Å². The van der Waals surface area contributed by atoms with Crippen LogP contribution in [0, 0.1) is 30.1 Å². The van der Waals surface area contributed by atoms with E-state index in [9.17, 15) is 0 Å². The van der Waals surface area contributed by atoms with E-state index in [0.29, 0.717) is 5.41 Å². The summed E-state index contributed by atoms with van der Waals surface area (Å²) < 4.78 is 0. The Morgan fingerprint density at radius 1 is 1.38 bits per heavy atom. The number of hydrogen-bond donors (Lipinski definition) is 1. The van der Waals surface area contributed by atoms with E-state index < -0.39 is 0 Å². The highest BCUT2D eigenvalue weighted by molar-refractivity contribution is 7.09. The number of aromatic nitrogens is 1. The second-order valence-electron chi connectivity index (χ2n) is 8.07. The van der Waals surface area contributed by atoms with Crippen LogP contribution in [-0.4, -0.2) is 18.1 Å². The molecule has 0 aliphatic heterocycles. The first-order valence-corrected chi connectivity index (χ1v) is 9.35. The van der Waals surface area contributed by atoms with Gasteiger partial charge < -0.3 is 5.32 Å². The Bertz CT molecular complexity index is 436. The van der Waals surface area contributed by atoms with Crippen LogP contribution in [0.4, 0.5) is 0 Å². The number of nitrogens with one attached hydrogen (secondary N) is 1. The molecule has 120 valence electrons. The van der Waals surface area contributed by atoms with Crippen molar-refractivity contribution in [1.29, 1.82) is 0 Å². The third kappa shape index (κ3) is 5.37. The number of rotatable bonds is 6. The molecule has 1 N–H and O–H groups in total. The Morgan fingerprint density at radius 3 is 2.76 bits per heavy atom. The van der Waals surface area contributed by atoms with E-state index in [0.717, 1.165) is 24.3 Å². The van der Waals surface area contributed by atoms with Crippen LogP contribution < -0.4 is 5.32 Å². The predicted octanol–water partition coefficient (Wildman–Crippen LogP) is 4.68. The standard InChI is InChI=1S/C18H32N2S/c1-13(2)10-19-11-15-6-7-18(4,5)9-16(15)8-17-20-14(3)12-21-17/h12-13,15-16,19H,6-11H2,1-5H3. The summed E-state index contributed by atoms with van der Waals surface area (Å²) in [5.74, 6) is 2.35. The van der Waals surface area contributed by atoms with Crippen molar-refractivity contribution in [1.82, 2.24) is 10.3 Å². The molecular formula is C18H32N2S. The maximum absolute atomic E-state index is 4.69. The lowest BCUT2D eigenvalue weighted by molar-refractivity contribution is 0.115. The molecule has 1 heterocycles. The number of aryl methyl sites for hydroxylation is 1. The molecule has 1 saturated carbocycles. The molecule has 0 saturated heterocycles. The van der Waals surface area contributed by atoms with Crippen molar-refractivity contribution >= 4 is 11.3 Å². The first-order valence-electron chi connectivity index (χ1n) is 8.47. The Morgan fingerprint density at radius 2 is 2.14 bits per heavy atom. The minimum absolute atomic E-state index is 0.505. The molecule has 1 aliphatic rings. The molecule has 2 atom stereocenters. The fourth-order valence-electron chi connectivity index (χ4n) is 3.58. The normalized spacial score (nSPS) is 25.4. The van der Waals surface area contributed by atoms with Gasteiger partial charge in [0.15, 0.2) is 0 Å². The summed E-state index contributed by atoms with van der Waals surface area (Å²) in [6, 6.07) is 0. The molecule has 3 heteroatoms. The average Bonchev–Trinajstić information content (AvgIpc) is 2.76. The topological polar surface area (TPSA) is 24.9 Å². The summed E-state index contributed by atoms with van der Waals surface area (Å²) in [5, 5.41) is 7.21. The monoisotopic (exact) mass is 308 g/mol.